The Balaban J connectivity index is 1.45. The number of nitro groups is 1. The molecule has 0 aromatic heterocycles. The highest BCUT2D eigenvalue weighted by Gasteiger charge is 2.21. The van der Waals surface area contributed by atoms with E-state index >= 15 is 0 Å². The molecule has 0 aliphatic carbocycles. The molecule has 1 heterocycles. The Kier molecular flexibility index (Phi) is 6.33. The van der Waals surface area contributed by atoms with E-state index in [-0.39, 0.29) is 23.7 Å². The summed E-state index contributed by atoms with van der Waals surface area (Å²) >= 11 is 0. The average Bonchev–Trinajstić information content (AvgIpc) is 2.73. The quantitative estimate of drug-likeness (QED) is 0.606. The molecule has 0 spiro atoms. The molecule has 1 N–H and O–H groups in total. The number of non-ortho nitro benzene ring substituents is 1. The smallest absolute Gasteiger partial charge is 0.270 e. The fourth-order valence-electron chi connectivity index (χ4n) is 3.13. The zero-order chi connectivity index (χ0) is 19.9. The van der Waals surface area contributed by atoms with Crippen molar-refractivity contribution in [2.45, 2.75) is 6.54 Å². The first-order chi connectivity index (χ1) is 13.5. The van der Waals surface area contributed by atoms with Crippen LogP contribution in [0.5, 0.6) is 0 Å². The van der Waals surface area contributed by atoms with Crippen LogP contribution in [-0.4, -0.2) is 59.3 Å². The van der Waals surface area contributed by atoms with Crippen molar-refractivity contribution in [2.75, 3.05) is 32.7 Å². The van der Waals surface area contributed by atoms with E-state index in [9.17, 15) is 19.7 Å². The Labute approximate surface area is 162 Å². The number of rotatable bonds is 6. The number of hydrogen-bond donors (Lipinski definition) is 1. The predicted octanol–water partition coefficient (Wildman–Crippen LogP) is 1.67. The van der Waals surface area contributed by atoms with Crippen LogP contribution >= 0.6 is 0 Å². The Morgan fingerprint density at radius 2 is 1.71 bits per heavy atom. The van der Waals surface area contributed by atoms with Gasteiger partial charge in [-0.25, -0.2) is 0 Å². The highest BCUT2D eigenvalue weighted by molar-refractivity contribution is 5.96. The summed E-state index contributed by atoms with van der Waals surface area (Å²) in [7, 11) is 0. The number of nitro benzene ring substituents is 1. The maximum atomic E-state index is 12.4. The van der Waals surface area contributed by atoms with Crippen molar-refractivity contribution < 1.29 is 14.5 Å². The molecule has 2 amide bonds. The van der Waals surface area contributed by atoms with Crippen molar-refractivity contribution in [3.05, 3.63) is 75.8 Å². The Bertz CT molecular complexity index is 848. The molecule has 8 nitrogen and oxygen atoms in total. The molecule has 0 atom stereocenters. The first-order valence-corrected chi connectivity index (χ1v) is 9.09. The lowest BCUT2D eigenvalue weighted by atomic mass is 10.2. The van der Waals surface area contributed by atoms with E-state index in [1.165, 1.54) is 29.8 Å². The van der Waals surface area contributed by atoms with Gasteiger partial charge in [0.15, 0.2) is 0 Å². The zero-order valence-electron chi connectivity index (χ0n) is 15.4. The van der Waals surface area contributed by atoms with Gasteiger partial charge in [-0.05, 0) is 11.6 Å². The maximum Gasteiger partial charge on any atom is 0.270 e. The largest absolute Gasteiger partial charge is 0.343 e. The summed E-state index contributed by atoms with van der Waals surface area (Å²) in [5.74, 6) is -0.655. The number of hydrogen-bond acceptors (Lipinski definition) is 5. The van der Waals surface area contributed by atoms with Gasteiger partial charge in [0, 0.05) is 50.4 Å². The average molecular weight is 382 g/mol. The van der Waals surface area contributed by atoms with Crippen LogP contribution in [0.3, 0.4) is 0 Å². The number of carbonyl (C=O) groups excluding carboxylic acids is 2. The van der Waals surface area contributed by atoms with E-state index in [0.29, 0.717) is 13.1 Å². The van der Waals surface area contributed by atoms with Gasteiger partial charge in [-0.2, -0.15) is 0 Å². The Hall–Kier alpha value is -3.26. The topological polar surface area (TPSA) is 95.8 Å². The van der Waals surface area contributed by atoms with E-state index in [1.807, 2.05) is 18.2 Å². The van der Waals surface area contributed by atoms with E-state index < -0.39 is 10.8 Å². The van der Waals surface area contributed by atoms with Gasteiger partial charge in [0.2, 0.25) is 5.91 Å². The van der Waals surface area contributed by atoms with Crippen LogP contribution < -0.4 is 5.32 Å². The van der Waals surface area contributed by atoms with Crippen LogP contribution in [0.1, 0.15) is 15.9 Å². The van der Waals surface area contributed by atoms with Crippen molar-refractivity contribution in [3.63, 3.8) is 0 Å². The fraction of sp³-hybridized carbons (Fsp3) is 0.300. The molecular formula is C20H22N4O4. The van der Waals surface area contributed by atoms with Gasteiger partial charge in [-0.1, -0.05) is 36.4 Å². The lowest BCUT2D eigenvalue weighted by Crippen LogP contribution is -2.50. The highest BCUT2D eigenvalue weighted by atomic mass is 16.6. The van der Waals surface area contributed by atoms with Gasteiger partial charge in [0.25, 0.3) is 11.6 Å². The molecule has 0 saturated carbocycles. The third kappa shape index (κ3) is 5.14. The molecule has 0 radical (unpaired) electrons. The van der Waals surface area contributed by atoms with E-state index in [0.717, 1.165) is 19.6 Å². The van der Waals surface area contributed by atoms with E-state index in [4.69, 9.17) is 0 Å². The zero-order valence-corrected chi connectivity index (χ0v) is 15.4. The van der Waals surface area contributed by atoms with Crippen LogP contribution in [0.15, 0.2) is 54.6 Å². The normalized spacial score (nSPS) is 14.5. The molecule has 1 aliphatic rings. The second-order valence-electron chi connectivity index (χ2n) is 6.63. The predicted molar refractivity (Wildman–Crippen MR) is 104 cm³/mol. The molecule has 0 bridgehead atoms. The Morgan fingerprint density at radius 3 is 2.39 bits per heavy atom. The summed E-state index contributed by atoms with van der Waals surface area (Å²) in [6, 6.07) is 15.6. The van der Waals surface area contributed by atoms with Crippen molar-refractivity contribution in [3.8, 4) is 0 Å². The molecule has 28 heavy (non-hydrogen) atoms. The molecule has 3 rings (SSSR count). The number of nitrogens with zero attached hydrogens (tertiary/aromatic N) is 3. The minimum absolute atomic E-state index is 0.125. The summed E-state index contributed by atoms with van der Waals surface area (Å²) in [6.45, 7) is 3.50. The first kappa shape index (κ1) is 19.5. The minimum atomic E-state index is -0.559. The van der Waals surface area contributed by atoms with Crippen molar-refractivity contribution in [1.29, 1.82) is 0 Å². The minimum Gasteiger partial charge on any atom is -0.343 e. The third-order valence-corrected chi connectivity index (χ3v) is 4.69. The van der Waals surface area contributed by atoms with Gasteiger partial charge in [0.1, 0.15) is 0 Å². The third-order valence-electron chi connectivity index (χ3n) is 4.69. The van der Waals surface area contributed by atoms with Gasteiger partial charge in [-0.3, -0.25) is 24.6 Å². The SMILES string of the molecule is O=C(NCC(=O)N1CCN(Cc2ccccc2)CC1)c1cccc([N+](=O)[O-])c1. The monoisotopic (exact) mass is 382 g/mol. The second kappa shape index (κ2) is 9.09. The molecular weight excluding hydrogens is 360 g/mol. The summed E-state index contributed by atoms with van der Waals surface area (Å²) in [4.78, 5) is 38.8. The molecule has 1 saturated heterocycles. The number of carbonyl (C=O) groups is 2. The first-order valence-electron chi connectivity index (χ1n) is 9.09. The standard InChI is InChI=1S/C20H22N4O4/c25-19(14-21-20(26)17-7-4-8-18(13-17)24(27)28)23-11-9-22(10-12-23)15-16-5-2-1-3-6-16/h1-8,13H,9-12,14-15H2,(H,21,26). The molecule has 2 aromatic carbocycles. The fourth-order valence-corrected chi connectivity index (χ4v) is 3.13. The van der Waals surface area contributed by atoms with Crippen molar-refractivity contribution >= 4 is 17.5 Å². The lowest BCUT2D eigenvalue weighted by Gasteiger charge is -2.34. The summed E-state index contributed by atoms with van der Waals surface area (Å²) in [5.41, 5.74) is 1.25. The Morgan fingerprint density at radius 1 is 1.00 bits per heavy atom. The lowest BCUT2D eigenvalue weighted by molar-refractivity contribution is -0.384. The number of piperazine rings is 1. The van der Waals surface area contributed by atoms with Gasteiger partial charge >= 0.3 is 0 Å². The number of nitrogens with one attached hydrogen (secondary N) is 1. The van der Waals surface area contributed by atoms with Gasteiger partial charge < -0.3 is 10.2 Å². The van der Waals surface area contributed by atoms with Crippen LogP contribution in [-0.2, 0) is 11.3 Å². The van der Waals surface area contributed by atoms with Crippen LogP contribution in [0.4, 0.5) is 5.69 Å². The molecule has 0 unspecified atom stereocenters. The summed E-state index contributed by atoms with van der Waals surface area (Å²) in [5, 5.41) is 13.3. The molecule has 146 valence electrons. The van der Waals surface area contributed by atoms with Crippen LogP contribution in [0.2, 0.25) is 0 Å². The van der Waals surface area contributed by atoms with Crippen molar-refractivity contribution in [1.82, 2.24) is 15.1 Å². The number of benzene rings is 2. The van der Waals surface area contributed by atoms with Gasteiger partial charge in [0.05, 0.1) is 11.5 Å². The molecule has 1 aliphatic heterocycles. The summed E-state index contributed by atoms with van der Waals surface area (Å²) < 4.78 is 0. The second-order valence-corrected chi connectivity index (χ2v) is 6.63. The molecule has 8 heteroatoms. The van der Waals surface area contributed by atoms with Crippen LogP contribution in [0.25, 0.3) is 0 Å². The van der Waals surface area contributed by atoms with Gasteiger partial charge in [-0.15, -0.1) is 0 Å². The highest BCUT2D eigenvalue weighted by Crippen LogP contribution is 2.13. The molecule has 2 aromatic rings. The number of amides is 2. The summed E-state index contributed by atoms with van der Waals surface area (Å²) in [6.07, 6.45) is 0. The van der Waals surface area contributed by atoms with E-state index in [1.54, 1.807) is 4.90 Å². The van der Waals surface area contributed by atoms with E-state index in [2.05, 4.69) is 22.3 Å². The van der Waals surface area contributed by atoms with Crippen LogP contribution in [0, 0.1) is 10.1 Å². The molecule has 1 fully saturated rings. The maximum absolute atomic E-state index is 12.4. The van der Waals surface area contributed by atoms with Crippen molar-refractivity contribution in [2.24, 2.45) is 0 Å².